The summed E-state index contributed by atoms with van der Waals surface area (Å²) in [6.07, 6.45) is 5.66. The fourth-order valence-corrected chi connectivity index (χ4v) is 2.37. The molecule has 0 aromatic rings. The van der Waals surface area contributed by atoms with Gasteiger partial charge in [0.1, 0.15) is 0 Å². The summed E-state index contributed by atoms with van der Waals surface area (Å²) < 4.78 is 0. The minimum Gasteiger partial charge on any atom is -0.337 e. The van der Waals surface area contributed by atoms with Crippen molar-refractivity contribution >= 4 is 5.91 Å². The van der Waals surface area contributed by atoms with Gasteiger partial charge in [-0.3, -0.25) is 4.79 Å². The summed E-state index contributed by atoms with van der Waals surface area (Å²) in [4.78, 5) is 14.2. The molecule has 1 aliphatic carbocycles. The van der Waals surface area contributed by atoms with E-state index in [0.717, 1.165) is 38.4 Å². The maximum absolute atomic E-state index is 12.0. The molecule has 1 unspecified atom stereocenters. The van der Waals surface area contributed by atoms with E-state index in [-0.39, 0.29) is 0 Å². The van der Waals surface area contributed by atoms with Crippen LogP contribution in [0.4, 0.5) is 0 Å². The summed E-state index contributed by atoms with van der Waals surface area (Å²) in [5.74, 6) is 1.12. The minimum absolute atomic E-state index is 0.400. The van der Waals surface area contributed by atoms with Crippen molar-refractivity contribution in [3.8, 4) is 0 Å². The third kappa shape index (κ3) is 2.94. The fraction of sp³-hybridized carbons (Fsp3) is 0.917. The van der Waals surface area contributed by atoms with E-state index in [1.54, 1.807) is 0 Å². The largest absolute Gasteiger partial charge is 0.337 e. The molecule has 2 fully saturated rings. The third-order valence-electron chi connectivity index (χ3n) is 3.45. The highest BCUT2D eigenvalue weighted by molar-refractivity contribution is 5.77. The smallest absolute Gasteiger partial charge is 0.223 e. The van der Waals surface area contributed by atoms with Gasteiger partial charge in [-0.2, -0.15) is 0 Å². The molecule has 15 heavy (non-hydrogen) atoms. The second-order valence-electron chi connectivity index (χ2n) is 4.88. The number of rotatable bonds is 4. The molecule has 0 bridgehead atoms. The fourth-order valence-electron chi connectivity index (χ4n) is 2.37. The number of amides is 1. The zero-order valence-corrected chi connectivity index (χ0v) is 9.67. The highest BCUT2D eigenvalue weighted by atomic mass is 16.2. The van der Waals surface area contributed by atoms with E-state index in [1.165, 1.54) is 19.3 Å². The Morgan fingerprint density at radius 1 is 1.47 bits per heavy atom. The molecule has 1 saturated carbocycles. The molecule has 2 rings (SSSR count). The molecule has 1 amide bonds. The summed E-state index contributed by atoms with van der Waals surface area (Å²) in [6.45, 7) is 5.06. The van der Waals surface area contributed by atoms with Crippen LogP contribution in [0.1, 0.15) is 39.0 Å². The SMILES string of the molecule is CCCC1CNCCN1C(=O)CC1CC1. The molecular weight excluding hydrogens is 188 g/mol. The number of hydrogen-bond acceptors (Lipinski definition) is 2. The molecule has 3 nitrogen and oxygen atoms in total. The summed E-state index contributed by atoms with van der Waals surface area (Å²) >= 11 is 0. The Bertz CT molecular complexity index is 224. The van der Waals surface area contributed by atoms with E-state index in [1.807, 2.05) is 0 Å². The van der Waals surface area contributed by atoms with Gasteiger partial charge in [0.15, 0.2) is 0 Å². The highest BCUT2D eigenvalue weighted by Gasteiger charge is 2.30. The van der Waals surface area contributed by atoms with E-state index in [2.05, 4.69) is 17.1 Å². The van der Waals surface area contributed by atoms with E-state index < -0.39 is 0 Å². The van der Waals surface area contributed by atoms with Crippen LogP contribution < -0.4 is 5.32 Å². The molecule has 1 heterocycles. The predicted octanol–water partition coefficient (Wildman–Crippen LogP) is 1.39. The molecule has 1 atom stereocenters. The average Bonchev–Trinajstić information content (AvgIpc) is 3.03. The van der Waals surface area contributed by atoms with Crippen LogP contribution in [0.3, 0.4) is 0 Å². The van der Waals surface area contributed by atoms with Crippen molar-refractivity contribution in [2.75, 3.05) is 19.6 Å². The van der Waals surface area contributed by atoms with E-state index >= 15 is 0 Å². The monoisotopic (exact) mass is 210 g/mol. The van der Waals surface area contributed by atoms with E-state index in [9.17, 15) is 4.79 Å². The Morgan fingerprint density at radius 2 is 2.27 bits per heavy atom. The van der Waals surface area contributed by atoms with Crippen LogP contribution in [0.25, 0.3) is 0 Å². The highest BCUT2D eigenvalue weighted by Crippen LogP contribution is 2.33. The lowest BCUT2D eigenvalue weighted by Crippen LogP contribution is -2.53. The molecule has 0 spiro atoms. The van der Waals surface area contributed by atoms with Gasteiger partial charge in [0.2, 0.25) is 5.91 Å². The topological polar surface area (TPSA) is 32.3 Å². The van der Waals surface area contributed by atoms with Crippen molar-refractivity contribution < 1.29 is 4.79 Å². The molecule has 0 aromatic heterocycles. The van der Waals surface area contributed by atoms with Gasteiger partial charge < -0.3 is 10.2 Å². The van der Waals surface area contributed by atoms with E-state index in [0.29, 0.717) is 11.9 Å². The normalized spacial score (nSPS) is 26.7. The summed E-state index contributed by atoms with van der Waals surface area (Å²) in [7, 11) is 0. The van der Waals surface area contributed by atoms with Crippen LogP contribution in [0, 0.1) is 5.92 Å². The van der Waals surface area contributed by atoms with Crippen molar-refractivity contribution in [2.24, 2.45) is 5.92 Å². The minimum atomic E-state index is 0.400. The van der Waals surface area contributed by atoms with E-state index in [4.69, 9.17) is 0 Å². The van der Waals surface area contributed by atoms with Crippen LogP contribution in [0.5, 0.6) is 0 Å². The Labute approximate surface area is 92.2 Å². The van der Waals surface area contributed by atoms with Gasteiger partial charge in [-0.25, -0.2) is 0 Å². The van der Waals surface area contributed by atoms with Gasteiger partial charge in [0, 0.05) is 32.1 Å². The first-order chi connectivity index (χ1) is 7.31. The first-order valence-corrected chi connectivity index (χ1v) is 6.31. The molecule has 1 N–H and O–H groups in total. The van der Waals surface area contributed by atoms with Gasteiger partial charge in [0.25, 0.3) is 0 Å². The Morgan fingerprint density at radius 3 is 2.93 bits per heavy atom. The van der Waals surface area contributed by atoms with Crippen LogP contribution in [0.2, 0.25) is 0 Å². The lowest BCUT2D eigenvalue weighted by Gasteiger charge is -2.36. The van der Waals surface area contributed by atoms with Crippen molar-refractivity contribution in [2.45, 2.75) is 45.1 Å². The molecule has 3 heteroatoms. The second kappa shape index (κ2) is 4.97. The zero-order chi connectivity index (χ0) is 10.7. The van der Waals surface area contributed by atoms with Gasteiger partial charge in [0.05, 0.1) is 0 Å². The molecule has 1 saturated heterocycles. The van der Waals surface area contributed by atoms with Crippen LogP contribution in [-0.2, 0) is 4.79 Å². The first-order valence-electron chi connectivity index (χ1n) is 6.31. The van der Waals surface area contributed by atoms with Gasteiger partial charge >= 0.3 is 0 Å². The number of piperazine rings is 1. The maximum Gasteiger partial charge on any atom is 0.223 e. The standard InChI is InChI=1S/C12H22N2O/c1-2-3-11-9-13-6-7-14(11)12(15)8-10-4-5-10/h10-11,13H,2-9H2,1H3. The second-order valence-corrected chi connectivity index (χ2v) is 4.88. The average molecular weight is 210 g/mol. The number of nitrogens with one attached hydrogen (secondary N) is 1. The van der Waals surface area contributed by atoms with Crippen LogP contribution >= 0.6 is 0 Å². The van der Waals surface area contributed by atoms with Crippen molar-refractivity contribution in [3.63, 3.8) is 0 Å². The lowest BCUT2D eigenvalue weighted by molar-refractivity contribution is -0.134. The predicted molar refractivity (Wildman–Crippen MR) is 60.6 cm³/mol. The lowest BCUT2D eigenvalue weighted by atomic mass is 10.1. The van der Waals surface area contributed by atoms with Crippen LogP contribution in [-0.4, -0.2) is 36.5 Å². The Balaban J connectivity index is 1.87. The first kappa shape index (κ1) is 10.9. The number of carbonyl (C=O) groups excluding carboxylic acids is 1. The third-order valence-corrected chi connectivity index (χ3v) is 3.45. The van der Waals surface area contributed by atoms with Crippen molar-refractivity contribution in [1.29, 1.82) is 0 Å². The summed E-state index contributed by atoms with van der Waals surface area (Å²) in [5, 5.41) is 3.38. The van der Waals surface area contributed by atoms with Gasteiger partial charge in [-0.15, -0.1) is 0 Å². The maximum atomic E-state index is 12.0. The van der Waals surface area contributed by atoms with Crippen molar-refractivity contribution in [1.82, 2.24) is 10.2 Å². The zero-order valence-electron chi connectivity index (χ0n) is 9.67. The summed E-state index contributed by atoms with van der Waals surface area (Å²) in [5.41, 5.74) is 0. The quantitative estimate of drug-likeness (QED) is 0.760. The molecule has 86 valence electrons. The molecular formula is C12H22N2O. The molecule has 1 aliphatic heterocycles. The number of carbonyl (C=O) groups is 1. The van der Waals surface area contributed by atoms with Gasteiger partial charge in [-0.05, 0) is 25.2 Å². The number of nitrogens with zero attached hydrogens (tertiary/aromatic N) is 1. The van der Waals surface area contributed by atoms with Gasteiger partial charge in [-0.1, -0.05) is 13.3 Å². The Kier molecular flexibility index (Phi) is 3.62. The Hall–Kier alpha value is -0.570. The summed E-state index contributed by atoms with van der Waals surface area (Å²) in [6, 6.07) is 0.454. The molecule has 2 aliphatic rings. The number of hydrogen-bond donors (Lipinski definition) is 1. The molecule has 0 radical (unpaired) electrons. The molecule has 0 aromatic carbocycles. The van der Waals surface area contributed by atoms with Crippen LogP contribution in [0.15, 0.2) is 0 Å². The van der Waals surface area contributed by atoms with Crippen molar-refractivity contribution in [3.05, 3.63) is 0 Å².